The maximum atomic E-state index is 5.48. The highest BCUT2D eigenvalue weighted by Gasteiger charge is 2.38. The van der Waals surface area contributed by atoms with Crippen LogP contribution in [0.3, 0.4) is 0 Å². The van der Waals surface area contributed by atoms with Gasteiger partial charge in [-0.2, -0.15) is 0 Å². The highest BCUT2D eigenvalue weighted by molar-refractivity contribution is 5.82. The van der Waals surface area contributed by atoms with Crippen molar-refractivity contribution >= 4 is 5.57 Å². The van der Waals surface area contributed by atoms with Crippen LogP contribution < -0.4 is 0 Å². The number of hydrogen-bond acceptors (Lipinski definition) is 2. The molecule has 1 fully saturated rings. The average Bonchev–Trinajstić information content (AvgIpc) is 2.94. The van der Waals surface area contributed by atoms with E-state index in [-0.39, 0.29) is 5.41 Å². The molecule has 0 aromatic heterocycles. The number of fused-ring (bicyclic) bond motifs is 1. The quantitative estimate of drug-likeness (QED) is 0.850. The number of hydrogen-bond donors (Lipinski definition) is 0. The third-order valence-electron chi connectivity index (χ3n) is 5.51. The van der Waals surface area contributed by atoms with Gasteiger partial charge < -0.3 is 4.74 Å². The number of morpholine rings is 1. The Hall–Kier alpha value is -1.90. The van der Waals surface area contributed by atoms with Crippen LogP contribution in [0.25, 0.3) is 5.57 Å². The molecule has 4 rings (SSSR count). The van der Waals surface area contributed by atoms with Crippen LogP contribution in [-0.2, 0) is 16.6 Å². The van der Waals surface area contributed by atoms with Crippen molar-refractivity contribution in [2.75, 3.05) is 32.8 Å². The van der Waals surface area contributed by atoms with Crippen molar-refractivity contribution in [3.8, 4) is 0 Å². The molecule has 1 unspecified atom stereocenters. The van der Waals surface area contributed by atoms with E-state index >= 15 is 0 Å². The Morgan fingerprint density at radius 3 is 2.50 bits per heavy atom. The van der Waals surface area contributed by atoms with Crippen molar-refractivity contribution in [3.63, 3.8) is 0 Å². The predicted molar refractivity (Wildman–Crippen MR) is 99.2 cm³/mol. The lowest BCUT2D eigenvalue weighted by Crippen LogP contribution is -2.36. The Balaban J connectivity index is 1.71. The molecule has 0 bridgehead atoms. The summed E-state index contributed by atoms with van der Waals surface area (Å²) in [5, 5.41) is 0. The summed E-state index contributed by atoms with van der Waals surface area (Å²) in [6, 6.07) is 19.9. The van der Waals surface area contributed by atoms with E-state index < -0.39 is 0 Å². The summed E-state index contributed by atoms with van der Waals surface area (Å²) < 4.78 is 5.48. The molecular formula is C22H25NO. The summed E-state index contributed by atoms with van der Waals surface area (Å²) in [5.74, 6) is 0. The van der Waals surface area contributed by atoms with Gasteiger partial charge in [0.2, 0.25) is 0 Å². The maximum Gasteiger partial charge on any atom is 0.0594 e. The van der Waals surface area contributed by atoms with Crippen molar-refractivity contribution < 1.29 is 4.74 Å². The molecule has 1 saturated heterocycles. The fourth-order valence-corrected chi connectivity index (χ4v) is 4.11. The van der Waals surface area contributed by atoms with Crippen LogP contribution in [0.4, 0.5) is 0 Å². The van der Waals surface area contributed by atoms with Gasteiger partial charge in [0.1, 0.15) is 0 Å². The van der Waals surface area contributed by atoms with E-state index in [1.54, 1.807) is 0 Å². The van der Waals surface area contributed by atoms with Gasteiger partial charge in [-0.25, -0.2) is 0 Å². The minimum atomic E-state index is 0.0667. The second kappa shape index (κ2) is 6.54. The Kier molecular flexibility index (Phi) is 4.26. The number of nitrogens with zero attached hydrogens (tertiary/aromatic N) is 1. The van der Waals surface area contributed by atoms with E-state index in [4.69, 9.17) is 4.74 Å². The summed E-state index contributed by atoms with van der Waals surface area (Å²) in [6.07, 6.45) is 3.55. The first-order valence-electron chi connectivity index (χ1n) is 8.92. The van der Waals surface area contributed by atoms with Crippen LogP contribution in [0.1, 0.15) is 23.6 Å². The van der Waals surface area contributed by atoms with E-state index in [1.165, 1.54) is 22.3 Å². The zero-order chi connectivity index (χ0) is 16.4. The normalized spacial score (nSPS) is 25.8. The van der Waals surface area contributed by atoms with Gasteiger partial charge in [0.25, 0.3) is 0 Å². The summed E-state index contributed by atoms with van der Waals surface area (Å²) >= 11 is 0. The van der Waals surface area contributed by atoms with E-state index in [2.05, 4.69) is 72.5 Å². The van der Waals surface area contributed by atoms with Crippen molar-refractivity contribution in [2.45, 2.75) is 18.8 Å². The van der Waals surface area contributed by atoms with Crippen LogP contribution in [-0.4, -0.2) is 37.7 Å². The molecule has 1 aliphatic heterocycles. The lowest BCUT2D eigenvalue weighted by atomic mass is 9.76. The van der Waals surface area contributed by atoms with Crippen molar-refractivity contribution in [2.24, 2.45) is 0 Å². The Labute approximate surface area is 144 Å². The summed E-state index contributed by atoms with van der Waals surface area (Å²) in [5.41, 5.74) is 5.86. The molecule has 2 aromatic rings. The Morgan fingerprint density at radius 1 is 1.00 bits per heavy atom. The van der Waals surface area contributed by atoms with Crippen LogP contribution in [0.2, 0.25) is 0 Å². The SMILES string of the molecule is CC1(c2ccccc2)Cc2ccccc2C1=CCN1CCOCC1. The third-order valence-corrected chi connectivity index (χ3v) is 5.51. The lowest BCUT2D eigenvalue weighted by Gasteiger charge is -2.29. The summed E-state index contributed by atoms with van der Waals surface area (Å²) in [6.45, 7) is 7.19. The van der Waals surface area contributed by atoms with Gasteiger partial charge in [-0.15, -0.1) is 0 Å². The minimum Gasteiger partial charge on any atom is -0.379 e. The van der Waals surface area contributed by atoms with Crippen molar-refractivity contribution in [1.29, 1.82) is 0 Å². The van der Waals surface area contributed by atoms with Crippen molar-refractivity contribution in [3.05, 3.63) is 77.4 Å². The van der Waals surface area contributed by atoms with Gasteiger partial charge in [0.05, 0.1) is 13.2 Å². The van der Waals surface area contributed by atoms with Crippen LogP contribution in [0.15, 0.2) is 60.7 Å². The molecule has 24 heavy (non-hydrogen) atoms. The Morgan fingerprint density at radius 2 is 1.71 bits per heavy atom. The first-order valence-corrected chi connectivity index (χ1v) is 8.92. The van der Waals surface area contributed by atoms with Gasteiger partial charge in [0, 0.05) is 25.0 Å². The second-order valence-electron chi connectivity index (χ2n) is 7.06. The van der Waals surface area contributed by atoms with Crippen LogP contribution in [0.5, 0.6) is 0 Å². The minimum absolute atomic E-state index is 0.0667. The largest absolute Gasteiger partial charge is 0.379 e. The summed E-state index contributed by atoms with van der Waals surface area (Å²) in [4.78, 5) is 2.49. The molecule has 0 radical (unpaired) electrons. The maximum absolute atomic E-state index is 5.48. The second-order valence-corrected chi connectivity index (χ2v) is 7.06. The van der Waals surface area contributed by atoms with Crippen LogP contribution >= 0.6 is 0 Å². The van der Waals surface area contributed by atoms with Crippen LogP contribution in [0, 0.1) is 0 Å². The van der Waals surface area contributed by atoms with E-state index in [0.29, 0.717) is 0 Å². The molecule has 0 N–H and O–H groups in total. The Bertz CT molecular complexity index is 731. The average molecular weight is 319 g/mol. The standard InChI is InChI=1S/C22H25NO/c1-22(19-8-3-2-4-9-19)17-18-7-5-6-10-20(18)21(22)11-12-23-13-15-24-16-14-23/h2-11H,12-17H2,1H3. The third kappa shape index (κ3) is 2.81. The molecule has 2 aromatic carbocycles. The molecule has 1 atom stereocenters. The lowest BCUT2D eigenvalue weighted by molar-refractivity contribution is 0.0434. The smallest absolute Gasteiger partial charge is 0.0594 e. The molecule has 0 saturated carbocycles. The monoisotopic (exact) mass is 319 g/mol. The topological polar surface area (TPSA) is 12.5 Å². The fourth-order valence-electron chi connectivity index (χ4n) is 4.11. The first-order chi connectivity index (χ1) is 11.8. The van der Waals surface area contributed by atoms with E-state index in [9.17, 15) is 0 Å². The molecule has 1 aliphatic carbocycles. The number of allylic oxidation sites excluding steroid dienone is 1. The molecule has 2 heteroatoms. The molecule has 2 aliphatic rings. The van der Waals surface area contributed by atoms with E-state index in [0.717, 1.165) is 39.3 Å². The first kappa shape index (κ1) is 15.6. The van der Waals surface area contributed by atoms with Gasteiger partial charge in [-0.05, 0) is 28.7 Å². The predicted octanol–water partition coefficient (Wildman–Crippen LogP) is 3.92. The molecule has 0 amide bonds. The molecule has 1 heterocycles. The van der Waals surface area contributed by atoms with E-state index in [1.807, 2.05) is 0 Å². The number of benzene rings is 2. The fraction of sp³-hybridized carbons (Fsp3) is 0.364. The molecular weight excluding hydrogens is 294 g/mol. The number of rotatable bonds is 3. The highest BCUT2D eigenvalue weighted by atomic mass is 16.5. The number of ether oxygens (including phenoxy) is 1. The molecule has 0 spiro atoms. The van der Waals surface area contributed by atoms with Crippen molar-refractivity contribution in [1.82, 2.24) is 4.90 Å². The zero-order valence-electron chi connectivity index (χ0n) is 14.4. The van der Waals surface area contributed by atoms with Gasteiger partial charge in [-0.1, -0.05) is 67.6 Å². The molecule has 2 nitrogen and oxygen atoms in total. The zero-order valence-corrected chi connectivity index (χ0v) is 14.4. The molecule has 124 valence electrons. The van der Waals surface area contributed by atoms with Gasteiger partial charge in [0.15, 0.2) is 0 Å². The van der Waals surface area contributed by atoms with Gasteiger partial charge in [-0.3, -0.25) is 4.90 Å². The van der Waals surface area contributed by atoms with Gasteiger partial charge >= 0.3 is 0 Å². The highest BCUT2D eigenvalue weighted by Crippen LogP contribution is 2.48. The summed E-state index contributed by atoms with van der Waals surface area (Å²) in [7, 11) is 0.